The van der Waals surface area contributed by atoms with E-state index in [1.807, 2.05) is 12.1 Å². The molecule has 0 saturated carbocycles. The number of rotatable bonds is 3. The molecule has 0 unspecified atom stereocenters. The summed E-state index contributed by atoms with van der Waals surface area (Å²) in [7, 11) is 1.32. The Morgan fingerprint density at radius 3 is 2.45 bits per heavy atom. The Labute approximate surface area is 116 Å². The molecule has 4 nitrogen and oxygen atoms in total. The van der Waals surface area contributed by atoms with Crippen molar-refractivity contribution >= 4 is 11.9 Å². The summed E-state index contributed by atoms with van der Waals surface area (Å²) in [5.41, 5.74) is 2.93. The third-order valence-corrected chi connectivity index (χ3v) is 3.16. The van der Waals surface area contributed by atoms with Crippen molar-refractivity contribution < 1.29 is 19.4 Å². The largest absolute Gasteiger partial charge is 0.478 e. The van der Waals surface area contributed by atoms with Crippen LogP contribution in [0.25, 0.3) is 11.1 Å². The first-order chi connectivity index (χ1) is 9.54. The number of hydrogen-bond acceptors (Lipinski definition) is 3. The van der Waals surface area contributed by atoms with Crippen LogP contribution < -0.4 is 0 Å². The Morgan fingerprint density at radius 2 is 1.80 bits per heavy atom. The van der Waals surface area contributed by atoms with Gasteiger partial charge in [-0.15, -0.1) is 0 Å². The highest BCUT2D eigenvalue weighted by molar-refractivity contribution is 5.94. The van der Waals surface area contributed by atoms with Crippen LogP contribution in [0.5, 0.6) is 0 Å². The van der Waals surface area contributed by atoms with Crippen LogP contribution in [0.15, 0.2) is 42.5 Å². The number of benzene rings is 2. The van der Waals surface area contributed by atoms with Crippen molar-refractivity contribution in [1.29, 1.82) is 0 Å². The number of methoxy groups -OCH3 is 1. The maximum Gasteiger partial charge on any atom is 0.337 e. The predicted molar refractivity (Wildman–Crippen MR) is 74.9 cm³/mol. The summed E-state index contributed by atoms with van der Waals surface area (Å²) in [5, 5.41) is 9.14. The summed E-state index contributed by atoms with van der Waals surface area (Å²) < 4.78 is 4.69. The number of ether oxygens (including phenoxy) is 1. The molecular weight excluding hydrogens is 256 g/mol. The Hall–Kier alpha value is -2.62. The molecule has 0 aliphatic rings. The molecule has 2 aromatic carbocycles. The van der Waals surface area contributed by atoms with Gasteiger partial charge in [0, 0.05) is 0 Å². The normalized spacial score (nSPS) is 10.1. The monoisotopic (exact) mass is 270 g/mol. The van der Waals surface area contributed by atoms with E-state index in [0.717, 1.165) is 11.1 Å². The van der Waals surface area contributed by atoms with E-state index in [0.29, 0.717) is 11.1 Å². The van der Waals surface area contributed by atoms with Crippen molar-refractivity contribution in [2.24, 2.45) is 0 Å². The maximum atomic E-state index is 11.5. The summed E-state index contributed by atoms with van der Waals surface area (Å²) in [6.45, 7) is 1.75. The molecule has 0 fully saturated rings. The van der Waals surface area contributed by atoms with Gasteiger partial charge >= 0.3 is 11.9 Å². The topological polar surface area (TPSA) is 63.6 Å². The molecule has 2 aromatic rings. The minimum atomic E-state index is -0.964. The number of carbonyl (C=O) groups excluding carboxylic acids is 1. The van der Waals surface area contributed by atoms with Crippen molar-refractivity contribution in [2.45, 2.75) is 6.92 Å². The van der Waals surface area contributed by atoms with Crippen LogP contribution in [0, 0.1) is 6.92 Å². The molecule has 102 valence electrons. The van der Waals surface area contributed by atoms with Gasteiger partial charge < -0.3 is 9.84 Å². The molecule has 0 spiro atoms. The lowest BCUT2D eigenvalue weighted by molar-refractivity contribution is 0.0599. The predicted octanol–water partition coefficient (Wildman–Crippen LogP) is 3.15. The van der Waals surface area contributed by atoms with Crippen molar-refractivity contribution in [3.63, 3.8) is 0 Å². The van der Waals surface area contributed by atoms with Gasteiger partial charge in [0.2, 0.25) is 0 Å². The van der Waals surface area contributed by atoms with Gasteiger partial charge in [0.15, 0.2) is 0 Å². The molecule has 0 saturated heterocycles. The molecule has 0 aromatic heterocycles. The lowest BCUT2D eigenvalue weighted by atomic mass is 9.95. The molecule has 1 N–H and O–H groups in total. The molecule has 2 rings (SSSR count). The van der Waals surface area contributed by atoms with Crippen molar-refractivity contribution in [3.8, 4) is 11.1 Å². The van der Waals surface area contributed by atoms with Gasteiger partial charge in [-0.25, -0.2) is 9.59 Å². The first kappa shape index (κ1) is 13.8. The van der Waals surface area contributed by atoms with Crippen molar-refractivity contribution in [3.05, 3.63) is 59.2 Å². The first-order valence-electron chi connectivity index (χ1n) is 6.06. The van der Waals surface area contributed by atoms with E-state index in [1.54, 1.807) is 37.3 Å². The summed E-state index contributed by atoms with van der Waals surface area (Å²) in [4.78, 5) is 22.7. The average Bonchev–Trinajstić information content (AvgIpc) is 2.46. The molecule has 0 heterocycles. The van der Waals surface area contributed by atoms with E-state index in [2.05, 4.69) is 4.74 Å². The summed E-state index contributed by atoms with van der Waals surface area (Å²) in [6, 6.07) is 12.0. The Morgan fingerprint density at radius 1 is 1.10 bits per heavy atom. The van der Waals surface area contributed by atoms with Gasteiger partial charge in [0.05, 0.1) is 18.2 Å². The minimum Gasteiger partial charge on any atom is -0.478 e. The highest BCUT2D eigenvalue weighted by Crippen LogP contribution is 2.26. The second kappa shape index (κ2) is 5.57. The Balaban J connectivity index is 2.55. The molecule has 0 radical (unpaired) electrons. The first-order valence-corrected chi connectivity index (χ1v) is 6.06. The van der Waals surface area contributed by atoms with E-state index >= 15 is 0 Å². The summed E-state index contributed by atoms with van der Waals surface area (Å²) >= 11 is 0. The van der Waals surface area contributed by atoms with Gasteiger partial charge in [0.25, 0.3) is 0 Å². The fourth-order valence-electron chi connectivity index (χ4n) is 2.11. The second-order valence-electron chi connectivity index (χ2n) is 4.36. The number of carbonyl (C=O) groups is 2. The van der Waals surface area contributed by atoms with Gasteiger partial charge in [-0.2, -0.15) is 0 Å². The lowest BCUT2D eigenvalue weighted by Gasteiger charge is -2.10. The van der Waals surface area contributed by atoms with E-state index in [4.69, 9.17) is 5.11 Å². The van der Waals surface area contributed by atoms with E-state index < -0.39 is 11.9 Å². The molecule has 0 aliphatic heterocycles. The van der Waals surface area contributed by atoms with Crippen LogP contribution in [0.3, 0.4) is 0 Å². The van der Waals surface area contributed by atoms with Crippen LogP contribution in [0.2, 0.25) is 0 Å². The molecule has 0 bridgehead atoms. The van der Waals surface area contributed by atoms with E-state index in [1.165, 1.54) is 7.11 Å². The number of carboxylic acids is 1. The van der Waals surface area contributed by atoms with Gasteiger partial charge in [0.1, 0.15) is 0 Å². The third-order valence-electron chi connectivity index (χ3n) is 3.16. The van der Waals surface area contributed by atoms with Crippen molar-refractivity contribution in [2.75, 3.05) is 7.11 Å². The van der Waals surface area contributed by atoms with Crippen LogP contribution >= 0.6 is 0 Å². The Kier molecular flexibility index (Phi) is 3.84. The number of hydrogen-bond donors (Lipinski definition) is 1. The second-order valence-corrected chi connectivity index (χ2v) is 4.36. The quantitative estimate of drug-likeness (QED) is 0.870. The zero-order valence-corrected chi connectivity index (χ0v) is 11.2. The van der Waals surface area contributed by atoms with E-state index in [-0.39, 0.29) is 5.56 Å². The molecule has 0 amide bonds. The fraction of sp³-hybridized carbons (Fsp3) is 0.125. The van der Waals surface area contributed by atoms with Crippen LogP contribution in [0.4, 0.5) is 0 Å². The SMILES string of the molecule is COC(=O)c1cccc(-c2cccc(C(=O)O)c2C)c1. The highest BCUT2D eigenvalue weighted by Gasteiger charge is 2.12. The van der Waals surface area contributed by atoms with Crippen LogP contribution in [-0.2, 0) is 4.74 Å². The highest BCUT2D eigenvalue weighted by atomic mass is 16.5. The maximum absolute atomic E-state index is 11.5. The number of esters is 1. The molecule has 0 aliphatic carbocycles. The standard InChI is InChI=1S/C16H14O4/c1-10-13(7-4-8-14(10)15(17)18)11-5-3-6-12(9-11)16(19)20-2/h3-9H,1-2H3,(H,17,18). The van der Waals surface area contributed by atoms with Crippen LogP contribution in [-0.4, -0.2) is 24.2 Å². The molecule has 4 heteroatoms. The lowest BCUT2D eigenvalue weighted by Crippen LogP contribution is -2.02. The smallest absolute Gasteiger partial charge is 0.337 e. The fourth-order valence-corrected chi connectivity index (χ4v) is 2.11. The van der Waals surface area contributed by atoms with Crippen LogP contribution in [0.1, 0.15) is 26.3 Å². The van der Waals surface area contributed by atoms with E-state index in [9.17, 15) is 9.59 Å². The molecular formula is C16H14O4. The molecule has 0 atom stereocenters. The minimum absolute atomic E-state index is 0.256. The number of aromatic carboxylic acids is 1. The number of carboxylic acid groups (broad SMARTS) is 1. The summed E-state index contributed by atoms with van der Waals surface area (Å²) in [6.07, 6.45) is 0. The van der Waals surface area contributed by atoms with Gasteiger partial charge in [-0.1, -0.05) is 24.3 Å². The zero-order chi connectivity index (χ0) is 14.7. The third kappa shape index (κ3) is 2.54. The average molecular weight is 270 g/mol. The summed E-state index contributed by atoms with van der Waals surface area (Å²) in [5.74, 6) is -1.38. The molecule has 20 heavy (non-hydrogen) atoms. The van der Waals surface area contributed by atoms with Gasteiger partial charge in [-0.05, 0) is 41.8 Å². The Bertz CT molecular complexity index is 674. The van der Waals surface area contributed by atoms with Crippen molar-refractivity contribution in [1.82, 2.24) is 0 Å². The zero-order valence-electron chi connectivity index (χ0n) is 11.2. The van der Waals surface area contributed by atoms with Gasteiger partial charge in [-0.3, -0.25) is 0 Å².